The Labute approximate surface area is 66.8 Å². The van der Waals surface area contributed by atoms with Crippen LogP contribution >= 0.6 is 0 Å². The van der Waals surface area contributed by atoms with Crippen LogP contribution in [-0.2, 0) is 9.47 Å². The topological polar surface area (TPSA) is 44.5 Å². The summed E-state index contributed by atoms with van der Waals surface area (Å²) in [7, 11) is 3.04. The molecular formula is C8H13NO2. The Bertz CT molecular complexity index is 183. The fraction of sp³-hybridized carbons (Fsp3) is 0.250. The second kappa shape index (κ2) is 5.41. The SMILES string of the molecule is C=C/C=C(\C=C(/N)OC)OC. The van der Waals surface area contributed by atoms with Gasteiger partial charge in [0.2, 0.25) is 0 Å². The Hall–Kier alpha value is -1.38. The van der Waals surface area contributed by atoms with Crippen molar-refractivity contribution in [2.24, 2.45) is 5.73 Å². The molecule has 0 saturated heterocycles. The van der Waals surface area contributed by atoms with Gasteiger partial charge in [-0.1, -0.05) is 12.7 Å². The van der Waals surface area contributed by atoms with E-state index in [-0.39, 0.29) is 0 Å². The van der Waals surface area contributed by atoms with Crippen LogP contribution in [0.3, 0.4) is 0 Å². The number of rotatable bonds is 4. The lowest BCUT2D eigenvalue weighted by molar-refractivity contribution is 0.272. The van der Waals surface area contributed by atoms with Crippen LogP contribution in [0, 0.1) is 0 Å². The van der Waals surface area contributed by atoms with E-state index in [1.54, 1.807) is 25.3 Å². The van der Waals surface area contributed by atoms with Gasteiger partial charge in [-0.05, 0) is 6.08 Å². The minimum atomic E-state index is 0.306. The van der Waals surface area contributed by atoms with Crippen LogP contribution in [0.2, 0.25) is 0 Å². The average Bonchev–Trinajstić information content (AvgIpc) is 2.03. The van der Waals surface area contributed by atoms with Gasteiger partial charge in [-0.25, -0.2) is 0 Å². The van der Waals surface area contributed by atoms with Crippen LogP contribution in [0.1, 0.15) is 0 Å². The average molecular weight is 155 g/mol. The van der Waals surface area contributed by atoms with Crippen LogP contribution in [-0.4, -0.2) is 14.2 Å². The van der Waals surface area contributed by atoms with Gasteiger partial charge in [0.05, 0.1) is 14.2 Å². The number of nitrogens with two attached hydrogens (primary N) is 1. The van der Waals surface area contributed by atoms with Gasteiger partial charge in [0, 0.05) is 6.08 Å². The molecule has 0 atom stereocenters. The monoisotopic (exact) mass is 155 g/mol. The Morgan fingerprint density at radius 1 is 1.36 bits per heavy atom. The van der Waals surface area contributed by atoms with Gasteiger partial charge in [-0.15, -0.1) is 0 Å². The Balaban J connectivity index is 4.28. The third-order valence-corrected chi connectivity index (χ3v) is 1.04. The summed E-state index contributed by atoms with van der Waals surface area (Å²) in [6, 6.07) is 0. The maximum atomic E-state index is 5.36. The highest BCUT2D eigenvalue weighted by atomic mass is 16.5. The van der Waals surface area contributed by atoms with Crippen molar-refractivity contribution in [2.45, 2.75) is 0 Å². The summed E-state index contributed by atoms with van der Waals surface area (Å²) in [6.07, 6.45) is 4.87. The zero-order chi connectivity index (χ0) is 8.69. The highest BCUT2D eigenvalue weighted by Gasteiger charge is 1.90. The van der Waals surface area contributed by atoms with E-state index < -0.39 is 0 Å². The smallest absolute Gasteiger partial charge is 0.187 e. The first kappa shape index (κ1) is 9.62. The van der Waals surface area contributed by atoms with Crippen molar-refractivity contribution in [3.8, 4) is 0 Å². The number of methoxy groups -OCH3 is 2. The molecular weight excluding hydrogens is 142 g/mol. The van der Waals surface area contributed by atoms with E-state index in [4.69, 9.17) is 15.2 Å². The maximum Gasteiger partial charge on any atom is 0.187 e. The standard InChI is InChI=1S/C8H13NO2/c1-4-5-7(10-2)6-8(9)11-3/h4-6H,1,9H2,2-3H3/b7-5+,8-6+. The Kier molecular flexibility index (Phi) is 4.73. The number of hydrogen-bond donors (Lipinski definition) is 1. The number of ether oxygens (including phenoxy) is 2. The van der Waals surface area contributed by atoms with Crippen molar-refractivity contribution in [1.29, 1.82) is 0 Å². The molecule has 0 aliphatic rings. The van der Waals surface area contributed by atoms with Gasteiger partial charge in [-0.2, -0.15) is 0 Å². The molecule has 11 heavy (non-hydrogen) atoms. The largest absolute Gasteiger partial charge is 0.497 e. The molecule has 0 aliphatic heterocycles. The summed E-state index contributed by atoms with van der Waals surface area (Å²) in [5.74, 6) is 0.916. The maximum absolute atomic E-state index is 5.36. The van der Waals surface area contributed by atoms with E-state index in [2.05, 4.69) is 6.58 Å². The van der Waals surface area contributed by atoms with Crippen molar-refractivity contribution >= 4 is 0 Å². The fourth-order valence-electron chi connectivity index (χ4n) is 0.490. The summed E-state index contributed by atoms with van der Waals surface area (Å²) < 4.78 is 9.63. The molecule has 0 fully saturated rings. The Morgan fingerprint density at radius 3 is 2.36 bits per heavy atom. The van der Waals surface area contributed by atoms with Gasteiger partial charge in [0.15, 0.2) is 5.88 Å². The third kappa shape index (κ3) is 4.08. The lowest BCUT2D eigenvalue weighted by Gasteiger charge is -2.01. The summed E-state index contributed by atoms with van der Waals surface area (Å²) >= 11 is 0. The second-order valence-corrected chi connectivity index (χ2v) is 1.76. The molecule has 0 amide bonds. The fourth-order valence-corrected chi connectivity index (χ4v) is 0.490. The highest BCUT2D eigenvalue weighted by Crippen LogP contribution is 1.99. The predicted octanol–water partition coefficient (Wildman–Crippen LogP) is 1.15. The number of allylic oxidation sites excluding steroid dienone is 3. The minimum Gasteiger partial charge on any atom is -0.497 e. The molecule has 0 aromatic carbocycles. The molecule has 0 aliphatic carbocycles. The van der Waals surface area contributed by atoms with E-state index in [0.29, 0.717) is 11.6 Å². The van der Waals surface area contributed by atoms with Gasteiger partial charge >= 0.3 is 0 Å². The van der Waals surface area contributed by atoms with Gasteiger partial charge in [0.1, 0.15) is 5.76 Å². The molecule has 0 rings (SSSR count). The normalized spacial score (nSPS) is 12.5. The van der Waals surface area contributed by atoms with Crippen LogP contribution in [0.15, 0.2) is 36.4 Å². The van der Waals surface area contributed by atoms with E-state index >= 15 is 0 Å². The predicted molar refractivity (Wildman–Crippen MR) is 44.6 cm³/mol. The quantitative estimate of drug-likeness (QED) is 0.489. The number of hydrogen-bond acceptors (Lipinski definition) is 3. The molecule has 62 valence electrons. The molecule has 0 spiro atoms. The van der Waals surface area contributed by atoms with Gasteiger partial charge in [-0.3, -0.25) is 0 Å². The molecule has 0 bridgehead atoms. The Morgan fingerprint density at radius 2 is 2.00 bits per heavy atom. The molecule has 3 heteroatoms. The van der Waals surface area contributed by atoms with E-state index in [1.807, 2.05) is 0 Å². The van der Waals surface area contributed by atoms with Crippen molar-refractivity contribution in [3.05, 3.63) is 36.4 Å². The van der Waals surface area contributed by atoms with Crippen molar-refractivity contribution < 1.29 is 9.47 Å². The summed E-state index contributed by atoms with van der Waals surface area (Å²) in [5, 5.41) is 0. The van der Waals surface area contributed by atoms with Crippen LogP contribution in [0.5, 0.6) is 0 Å². The summed E-state index contributed by atoms with van der Waals surface area (Å²) in [5.41, 5.74) is 5.36. The molecule has 2 N–H and O–H groups in total. The lowest BCUT2D eigenvalue weighted by atomic mass is 10.4. The van der Waals surface area contributed by atoms with Crippen molar-refractivity contribution in [1.82, 2.24) is 0 Å². The van der Waals surface area contributed by atoms with Crippen LogP contribution < -0.4 is 5.73 Å². The summed E-state index contributed by atoms with van der Waals surface area (Å²) in [6.45, 7) is 3.51. The first-order valence-electron chi connectivity index (χ1n) is 3.12. The summed E-state index contributed by atoms with van der Waals surface area (Å²) in [4.78, 5) is 0. The van der Waals surface area contributed by atoms with Crippen molar-refractivity contribution in [3.63, 3.8) is 0 Å². The second-order valence-electron chi connectivity index (χ2n) is 1.76. The minimum absolute atomic E-state index is 0.306. The molecule has 0 unspecified atom stereocenters. The molecule has 0 heterocycles. The third-order valence-electron chi connectivity index (χ3n) is 1.04. The first-order valence-corrected chi connectivity index (χ1v) is 3.12. The van der Waals surface area contributed by atoms with E-state index in [0.717, 1.165) is 0 Å². The van der Waals surface area contributed by atoms with Gasteiger partial charge in [0.25, 0.3) is 0 Å². The zero-order valence-electron chi connectivity index (χ0n) is 6.83. The van der Waals surface area contributed by atoms with Crippen LogP contribution in [0.4, 0.5) is 0 Å². The van der Waals surface area contributed by atoms with Gasteiger partial charge < -0.3 is 15.2 Å². The highest BCUT2D eigenvalue weighted by molar-refractivity contribution is 5.18. The zero-order valence-corrected chi connectivity index (χ0v) is 6.83. The van der Waals surface area contributed by atoms with Crippen LogP contribution in [0.25, 0.3) is 0 Å². The molecule has 0 aromatic rings. The van der Waals surface area contributed by atoms with Crippen molar-refractivity contribution in [2.75, 3.05) is 14.2 Å². The molecule has 0 radical (unpaired) electrons. The molecule has 0 saturated carbocycles. The molecule has 0 aromatic heterocycles. The lowest BCUT2D eigenvalue weighted by Crippen LogP contribution is -2.00. The first-order chi connectivity index (χ1) is 5.24. The molecule has 3 nitrogen and oxygen atoms in total. The van der Waals surface area contributed by atoms with E-state index in [1.165, 1.54) is 7.11 Å². The van der Waals surface area contributed by atoms with E-state index in [9.17, 15) is 0 Å².